The molecule has 7 nitrogen and oxygen atoms in total. The molecule has 3 rings (SSSR count). The first-order valence-corrected chi connectivity index (χ1v) is 9.18. The Balaban J connectivity index is 1.88. The lowest BCUT2D eigenvalue weighted by Crippen LogP contribution is -2.41. The van der Waals surface area contributed by atoms with Gasteiger partial charge in [-0.25, -0.2) is 4.79 Å². The molecule has 1 amide bonds. The number of benzene rings is 2. The molecule has 0 aliphatic heterocycles. The van der Waals surface area contributed by atoms with E-state index in [0.717, 1.165) is 16.5 Å². The summed E-state index contributed by atoms with van der Waals surface area (Å²) in [5.41, 5.74) is 2.86. The van der Waals surface area contributed by atoms with E-state index in [9.17, 15) is 19.5 Å². The fraction of sp³-hybridized carbons (Fsp3) is 0.190. The van der Waals surface area contributed by atoms with E-state index in [1.54, 1.807) is 25.1 Å². The summed E-state index contributed by atoms with van der Waals surface area (Å²) in [6, 6.07) is 11.5. The fourth-order valence-corrected chi connectivity index (χ4v) is 3.14. The van der Waals surface area contributed by atoms with Gasteiger partial charge in [-0.2, -0.15) is 0 Å². The van der Waals surface area contributed by atoms with Crippen LogP contribution in [0.15, 0.2) is 46.9 Å². The lowest BCUT2D eigenvalue weighted by Gasteiger charge is -2.12. The maximum Gasteiger partial charge on any atom is 0.326 e. The van der Waals surface area contributed by atoms with Crippen molar-refractivity contribution in [2.24, 2.45) is 0 Å². The monoisotopic (exact) mass is 415 g/mol. The first-order valence-electron chi connectivity index (χ1n) is 8.81. The van der Waals surface area contributed by atoms with Crippen molar-refractivity contribution in [3.63, 3.8) is 0 Å². The molecule has 1 heterocycles. The quantitative estimate of drug-likeness (QED) is 0.534. The highest BCUT2D eigenvalue weighted by atomic mass is 35.5. The molecule has 2 aromatic carbocycles. The summed E-state index contributed by atoms with van der Waals surface area (Å²) in [6.07, 6.45) is -0.600. The highest BCUT2D eigenvalue weighted by Crippen LogP contribution is 2.30. The number of furan rings is 1. The zero-order chi connectivity index (χ0) is 21.1. The highest BCUT2D eigenvalue weighted by Gasteiger charge is 2.25. The maximum absolute atomic E-state index is 12.6. The molecule has 0 bridgehead atoms. The molecule has 0 saturated heterocycles. The third-order valence-corrected chi connectivity index (χ3v) is 4.82. The van der Waals surface area contributed by atoms with Crippen LogP contribution in [-0.2, 0) is 9.59 Å². The van der Waals surface area contributed by atoms with Crippen molar-refractivity contribution < 1.29 is 29.0 Å². The van der Waals surface area contributed by atoms with E-state index in [1.165, 1.54) is 0 Å². The predicted octanol–water partition coefficient (Wildman–Crippen LogP) is 4.11. The maximum atomic E-state index is 12.6. The summed E-state index contributed by atoms with van der Waals surface area (Å²) in [5.74, 6) is -3.15. The van der Waals surface area contributed by atoms with Gasteiger partial charge in [-0.3, -0.25) is 9.59 Å². The van der Waals surface area contributed by atoms with Crippen molar-refractivity contribution in [1.29, 1.82) is 0 Å². The third-order valence-electron chi connectivity index (χ3n) is 4.57. The van der Waals surface area contributed by atoms with E-state index >= 15 is 0 Å². The van der Waals surface area contributed by atoms with Crippen LogP contribution < -0.4 is 5.32 Å². The molecule has 0 aliphatic rings. The molecule has 0 radical (unpaired) electrons. The molecule has 0 spiro atoms. The van der Waals surface area contributed by atoms with Gasteiger partial charge in [0, 0.05) is 22.4 Å². The average molecular weight is 416 g/mol. The molecule has 0 fully saturated rings. The first kappa shape index (κ1) is 20.4. The van der Waals surface area contributed by atoms with Crippen molar-refractivity contribution in [3.05, 3.63) is 58.8 Å². The van der Waals surface area contributed by atoms with Crippen molar-refractivity contribution in [2.75, 3.05) is 0 Å². The molecule has 1 aromatic heterocycles. The second-order valence-corrected chi connectivity index (χ2v) is 7.01. The third kappa shape index (κ3) is 4.57. The van der Waals surface area contributed by atoms with Crippen molar-refractivity contribution >= 4 is 40.4 Å². The Morgan fingerprint density at radius 1 is 1.07 bits per heavy atom. The minimum atomic E-state index is -1.32. The first-order chi connectivity index (χ1) is 13.8. The number of amides is 1. The lowest BCUT2D eigenvalue weighted by molar-refractivity contribution is -0.140. The van der Waals surface area contributed by atoms with Crippen LogP contribution in [-0.4, -0.2) is 34.1 Å². The summed E-state index contributed by atoms with van der Waals surface area (Å²) < 4.78 is 5.71. The number of carbonyl (C=O) groups excluding carboxylic acids is 1. The van der Waals surface area contributed by atoms with Gasteiger partial charge in [-0.15, -0.1) is 0 Å². The Kier molecular flexibility index (Phi) is 5.89. The Morgan fingerprint density at radius 3 is 2.34 bits per heavy atom. The zero-order valence-corrected chi connectivity index (χ0v) is 16.2. The van der Waals surface area contributed by atoms with E-state index in [0.29, 0.717) is 16.2 Å². The molecule has 3 aromatic rings. The Morgan fingerprint density at radius 2 is 1.72 bits per heavy atom. The van der Waals surface area contributed by atoms with Gasteiger partial charge in [0.15, 0.2) is 5.76 Å². The summed E-state index contributed by atoms with van der Waals surface area (Å²) in [5, 5.41) is 21.6. The minimum absolute atomic E-state index is 0.00479. The summed E-state index contributed by atoms with van der Waals surface area (Å²) in [6.45, 7) is 1.70. The van der Waals surface area contributed by atoms with Gasteiger partial charge in [0.2, 0.25) is 0 Å². The number of nitrogens with one attached hydrogen (secondary N) is 1. The molecule has 3 N–H and O–H groups in total. The van der Waals surface area contributed by atoms with Gasteiger partial charge >= 0.3 is 11.9 Å². The molecule has 8 heteroatoms. The molecule has 0 aliphatic carbocycles. The Hall–Kier alpha value is -3.32. The topological polar surface area (TPSA) is 117 Å². The number of hydrogen-bond donors (Lipinski definition) is 3. The summed E-state index contributed by atoms with van der Waals surface area (Å²) >= 11 is 5.92. The zero-order valence-electron chi connectivity index (χ0n) is 15.4. The molecule has 1 atom stereocenters. The second kappa shape index (κ2) is 8.36. The molecule has 29 heavy (non-hydrogen) atoms. The summed E-state index contributed by atoms with van der Waals surface area (Å²) in [7, 11) is 0. The number of carboxylic acids is 2. The van der Waals surface area contributed by atoms with E-state index < -0.39 is 23.9 Å². The normalized spacial score (nSPS) is 11.9. The minimum Gasteiger partial charge on any atom is -0.481 e. The van der Waals surface area contributed by atoms with Crippen LogP contribution in [0.2, 0.25) is 5.02 Å². The molecule has 150 valence electrons. The van der Waals surface area contributed by atoms with Crippen LogP contribution >= 0.6 is 11.6 Å². The second-order valence-electron chi connectivity index (χ2n) is 6.57. The number of rotatable bonds is 7. The predicted molar refractivity (Wildman–Crippen MR) is 107 cm³/mol. The summed E-state index contributed by atoms with van der Waals surface area (Å²) in [4.78, 5) is 34.6. The number of aliphatic carboxylic acids is 2. The number of carbonyl (C=O) groups is 3. The molecular weight excluding hydrogens is 398 g/mol. The SMILES string of the molecule is Cc1c(C(=O)N[C@@H](CCC(=O)O)C(=O)O)oc2cc(-c3ccc(Cl)cc3)ccc12. The van der Waals surface area contributed by atoms with Gasteiger partial charge in [-0.1, -0.05) is 35.9 Å². The Labute approximate surface area is 170 Å². The van der Waals surface area contributed by atoms with E-state index in [1.807, 2.05) is 24.3 Å². The number of fused-ring (bicyclic) bond motifs is 1. The Bertz CT molecular complexity index is 1090. The van der Waals surface area contributed by atoms with Crippen LogP contribution in [0.25, 0.3) is 22.1 Å². The number of hydrogen-bond acceptors (Lipinski definition) is 4. The largest absolute Gasteiger partial charge is 0.481 e. The average Bonchev–Trinajstić information content (AvgIpc) is 3.01. The van der Waals surface area contributed by atoms with Gasteiger partial charge in [-0.05, 0) is 42.7 Å². The van der Waals surface area contributed by atoms with Gasteiger partial charge in [0.05, 0.1) is 0 Å². The molecule has 0 saturated carbocycles. The van der Waals surface area contributed by atoms with Crippen LogP contribution in [0.3, 0.4) is 0 Å². The number of carboxylic acid groups (broad SMARTS) is 2. The van der Waals surface area contributed by atoms with Crippen LogP contribution in [0.1, 0.15) is 29.0 Å². The van der Waals surface area contributed by atoms with E-state index in [-0.39, 0.29) is 18.6 Å². The fourth-order valence-electron chi connectivity index (χ4n) is 3.01. The van der Waals surface area contributed by atoms with Crippen LogP contribution in [0.5, 0.6) is 0 Å². The molecular formula is C21H18ClNO6. The van der Waals surface area contributed by atoms with Crippen LogP contribution in [0.4, 0.5) is 0 Å². The van der Waals surface area contributed by atoms with Gasteiger partial charge in [0.1, 0.15) is 11.6 Å². The van der Waals surface area contributed by atoms with Gasteiger partial charge < -0.3 is 19.9 Å². The van der Waals surface area contributed by atoms with Crippen molar-refractivity contribution in [3.8, 4) is 11.1 Å². The van der Waals surface area contributed by atoms with Gasteiger partial charge in [0.25, 0.3) is 5.91 Å². The lowest BCUT2D eigenvalue weighted by atomic mass is 10.0. The van der Waals surface area contributed by atoms with Crippen molar-refractivity contribution in [1.82, 2.24) is 5.32 Å². The van der Waals surface area contributed by atoms with E-state index in [2.05, 4.69) is 5.32 Å². The number of halogens is 1. The van der Waals surface area contributed by atoms with E-state index in [4.69, 9.17) is 21.1 Å². The number of aryl methyl sites for hydroxylation is 1. The standard InChI is InChI=1S/C21H18ClNO6/c1-11-15-7-4-13(12-2-5-14(22)6-3-12)10-17(15)29-19(11)20(26)23-16(21(27)28)8-9-18(24)25/h2-7,10,16H,8-9H2,1H3,(H,23,26)(H,24,25)(H,27,28)/t16-/m0/s1. The highest BCUT2D eigenvalue weighted by molar-refractivity contribution is 6.30. The van der Waals surface area contributed by atoms with Crippen LogP contribution in [0, 0.1) is 6.92 Å². The van der Waals surface area contributed by atoms with Crippen molar-refractivity contribution in [2.45, 2.75) is 25.8 Å². The smallest absolute Gasteiger partial charge is 0.326 e. The molecule has 0 unspecified atom stereocenters.